The summed E-state index contributed by atoms with van der Waals surface area (Å²) < 4.78 is 38.0. The Labute approximate surface area is 161 Å². The van der Waals surface area contributed by atoms with Gasteiger partial charge in [-0.25, -0.2) is 0 Å². The second-order valence-electron chi connectivity index (χ2n) is 5.84. The first-order chi connectivity index (χ1) is 12.6. The van der Waals surface area contributed by atoms with Crippen LogP contribution in [-0.2, 0) is 17.5 Å². The van der Waals surface area contributed by atoms with Gasteiger partial charge < -0.3 is 5.32 Å². The number of nitrogens with one attached hydrogen (secondary N) is 1. The number of hydrogen-bond acceptors (Lipinski definition) is 4. The van der Waals surface area contributed by atoms with E-state index in [2.05, 4.69) is 21.2 Å². The number of carbonyl (C=O) groups is 1. The largest absolute Gasteiger partial charge is 0.416 e. The Morgan fingerprint density at radius 3 is 2.37 bits per heavy atom. The van der Waals surface area contributed by atoms with Crippen LogP contribution in [0.15, 0.2) is 46.9 Å². The van der Waals surface area contributed by atoms with Crippen molar-refractivity contribution in [2.45, 2.75) is 12.7 Å². The van der Waals surface area contributed by atoms with Crippen LogP contribution in [0.1, 0.15) is 11.1 Å². The topological polar surface area (TPSA) is 75.5 Å². The van der Waals surface area contributed by atoms with Crippen LogP contribution in [0.5, 0.6) is 0 Å². The van der Waals surface area contributed by atoms with E-state index in [1.54, 1.807) is 11.9 Å². The monoisotopic (exact) mass is 445 g/mol. The van der Waals surface area contributed by atoms with E-state index in [0.717, 1.165) is 12.1 Å². The van der Waals surface area contributed by atoms with Crippen molar-refractivity contribution < 1.29 is 22.9 Å². The molecular weight excluding hydrogens is 431 g/mol. The van der Waals surface area contributed by atoms with Crippen molar-refractivity contribution in [2.24, 2.45) is 0 Å². The first-order valence-corrected chi connectivity index (χ1v) is 8.44. The summed E-state index contributed by atoms with van der Waals surface area (Å²) in [6.45, 7) is 0.275. The molecule has 0 aliphatic rings. The maximum atomic E-state index is 12.6. The number of likely N-dealkylation sites (N-methyl/N-ethyl adjacent to an activating group) is 1. The van der Waals surface area contributed by atoms with Gasteiger partial charge >= 0.3 is 6.18 Å². The minimum absolute atomic E-state index is 0.00947. The van der Waals surface area contributed by atoms with Gasteiger partial charge in [-0.05, 0) is 46.7 Å². The maximum Gasteiger partial charge on any atom is 0.416 e. The van der Waals surface area contributed by atoms with E-state index in [-0.39, 0.29) is 24.7 Å². The number of alkyl halides is 3. The molecule has 144 valence electrons. The summed E-state index contributed by atoms with van der Waals surface area (Å²) in [6.07, 6.45) is -4.39. The SMILES string of the molecule is CN(CC(=O)Nc1ccc([N+](=O)[O-])cc1Br)Cc1ccc(C(F)(F)F)cc1. The average molecular weight is 446 g/mol. The third-order valence-corrected chi connectivity index (χ3v) is 4.24. The molecule has 0 aliphatic heterocycles. The molecule has 27 heavy (non-hydrogen) atoms. The lowest BCUT2D eigenvalue weighted by molar-refractivity contribution is -0.384. The van der Waals surface area contributed by atoms with Crippen LogP contribution in [0.4, 0.5) is 24.5 Å². The maximum absolute atomic E-state index is 12.6. The van der Waals surface area contributed by atoms with Gasteiger partial charge in [-0.15, -0.1) is 0 Å². The summed E-state index contributed by atoms with van der Waals surface area (Å²) in [4.78, 5) is 23.9. The lowest BCUT2D eigenvalue weighted by atomic mass is 10.1. The number of carbonyl (C=O) groups excluding carboxylic acids is 1. The molecule has 2 rings (SSSR count). The summed E-state index contributed by atoms with van der Waals surface area (Å²) in [5.74, 6) is -0.362. The smallest absolute Gasteiger partial charge is 0.324 e. The molecule has 0 radical (unpaired) electrons. The molecule has 0 fully saturated rings. The molecule has 0 aliphatic carbocycles. The van der Waals surface area contributed by atoms with Crippen molar-refractivity contribution in [1.82, 2.24) is 4.90 Å². The number of rotatable bonds is 6. The van der Waals surface area contributed by atoms with E-state index >= 15 is 0 Å². The van der Waals surface area contributed by atoms with Gasteiger partial charge in [-0.1, -0.05) is 12.1 Å². The lowest BCUT2D eigenvalue weighted by Crippen LogP contribution is -2.30. The van der Waals surface area contributed by atoms with Crippen molar-refractivity contribution in [1.29, 1.82) is 0 Å². The highest BCUT2D eigenvalue weighted by molar-refractivity contribution is 9.10. The van der Waals surface area contributed by atoms with Crippen LogP contribution in [-0.4, -0.2) is 29.3 Å². The zero-order valence-corrected chi connectivity index (χ0v) is 15.7. The van der Waals surface area contributed by atoms with Crippen LogP contribution in [0.3, 0.4) is 0 Å². The Morgan fingerprint density at radius 2 is 1.85 bits per heavy atom. The van der Waals surface area contributed by atoms with Crippen LogP contribution in [0.2, 0.25) is 0 Å². The molecule has 6 nitrogen and oxygen atoms in total. The van der Waals surface area contributed by atoms with Crippen LogP contribution < -0.4 is 5.32 Å². The van der Waals surface area contributed by atoms with Gasteiger partial charge in [0, 0.05) is 23.2 Å². The normalized spacial score (nSPS) is 11.5. The summed E-state index contributed by atoms with van der Waals surface area (Å²) in [5, 5.41) is 13.3. The number of anilines is 1. The number of amides is 1. The minimum atomic E-state index is -4.39. The molecular formula is C17H15BrF3N3O3. The van der Waals surface area contributed by atoms with Crippen molar-refractivity contribution in [2.75, 3.05) is 18.9 Å². The Hall–Kier alpha value is -2.46. The van der Waals surface area contributed by atoms with E-state index in [4.69, 9.17) is 0 Å². The Bertz CT molecular complexity index is 842. The number of halogens is 4. The Balaban J connectivity index is 1.93. The highest BCUT2D eigenvalue weighted by Crippen LogP contribution is 2.29. The van der Waals surface area contributed by atoms with Crippen molar-refractivity contribution in [3.8, 4) is 0 Å². The molecule has 0 unspecified atom stereocenters. The average Bonchev–Trinajstić information content (AvgIpc) is 2.56. The fourth-order valence-corrected chi connectivity index (χ4v) is 2.79. The zero-order chi connectivity index (χ0) is 20.2. The molecule has 2 aromatic carbocycles. The van der Waals surface area contributed by atoms with Gasteiger partial charge in [-0.2, -0.15) is 13.2 Å². The molecule has 0 atom stereocenters. The second-order valence-corrected chi connectivity index (χ2v) is 6.69. The third kappa shape index (κ3) is 6.04. The summed E-state index contributed by atoms with van der Waals surface area (Å²) in [7, 11) is 1.65. The van der Waals surface area contributed by atoms with Gasteiger partial charge in [0.25, 0.3) is 5.69 Å². The van der Waals surface area contributed by atoms with Crippen molar-refractivity contribution >= 4 is 33.2 Å². The van der Waals surface area contributed by atoms with E-state index < -0.39 is 16.7 Å². The molecule has 0 aromatic heterocycles. The predicted octanol–water partition coefficient (Wildman–Crippen LogP) is 4.45. The number of nitro groups is 1. The first kappa shape index (κ1) is 20.8. The molecule has 0 saturated carbocycles. The summed E-state index contributed by atoms with van der Waals surface area (Å²) in [6, 6.07) is 8.69. The van der Waals surface area contributed by atoms with E-state index in [1.165, 1.54) is 30.3 Å². The minimum Gasteiger partial charge on any atom is -0.324 e. The van der Waals surface area contributed by atoms with E-state index in [0.29, 0.717) is 15.7 Å². The molecule has 1 amide bonds. The summed E-state index contributed by atoms with van der Waals surface area (Å²) in [5.41, 5.74) is 0.178. The molecule has 2 aromatic rings. The quantitative estimate of drug-likeness (QED) is 0.526. The van der Waals surface area contributed by atoms with Gasteiger partial charge in [0.05, 0.1) is 22.7 Å². The highest BCUT2D eigenvalue weighted by atomic mass is 79.9. The van der Waals surface area contributed by atoms with Crippen molar-refractivity contribution in [3.05, 3.63) is 68.2 Å². The van der Waals surface area contributed by atoms with E-state index in [9.17, 15) is 28.1 Å². The van der Waals surface area contributed by atoms with Gasteiger partial charge in [-0.3, -0.25) is 19.8 Å². The summed E-state index contributed by atoms with van der Waals surface area (Å²) >= 11 is 3.16. The van der Waals surface area contributed by atoms with Crippen LogP contribution in [0.25, 0.3) is 0 Å². The lowest BCUT2D eigenvalue weighted by Gasteiger charge is -2.17. The van der Waals surface area contributed by atoms with Crippen LogP contribution in [0, 0.1) is 10.1 Å². The second kappa shape index (κ2) is 8.49. The first-order valence-electron chi connectivity index (χ1n) is 7.64. The van der Waals surface area contributed by atoms with Gasteiger partial charge in [0.2, 0.25) is 5.91 Å². The number of benzene rings is 2. The Morgan fingerprint density at radius 1 is 1.22 bits per heavy atom. The molecule has 0 saturated heterocycles. The predicted molar refractivity (Wildman–Crippen MR) is 97.2 cm³/mol. The standard InChI is InChI=1S/C17H15BrF3N3O3/c1-23(9-11-2-4-12(5-3-11)17(19,20)21)10-16(25)22-15-7-6-13(24(26)27)8-14(15)18/h2-8H,9-10H2,1H3,(H,22,25). The Kier molecular flexibility index (Phi) is 6.55. The van der Waals surface area contributed by atoms with Crippen molar-refractivity contribution in [3.63, 3.8) is 0 Å². The van der Waals surface area contributed by atoms with Gasteiger partial charge in [0.1, 0.15) is 0 Å². The zero-order valence-electron chi connectivity index (χ0n) is 14.1. The molecule has 0 heterocycles. The number of hydrogen-bond donors (Lipinski definition) is 1. The van der Waals surface area contributed by atoms with Gasteiger partial charge in [0.15, 0.2) is 0 Å². The fraction of sp³-hybridized carbons (Fsp3) is 0.235. The van der Waals surface area contributed by atoms with Crippen LogP contribution >= 0.6 is 15.9 Å². The molecule has 10 heteroatoms. The molecule has 1 N–H and O–H groups in total. The number of non-ortho nitro benzene ring substituents is 1. The molecule has 0 bridgehead atoms. The third-order valence-electron chi connectivity index (χ3n) is 3.58. The number of nitro benzene ring substituents is 1. The fourth-order valence-electron chi connectivity index (χ4n) is 2.32. The molecule has 0 spiro atoms. The number of nitrogens with zero attached hydrogens (tertiary/aromatic N) is 2. The van der Waals surface area contributed by atoms with E-state index in [1.807, 2.05) is 0 Å². The highest BCUT2D eigenvalue weighted by Gasteiger charge is 2.29.